The number of halogens is 3. The highest BCUT2D eigenvalue weighted by Gasteiger charge is 2.55. The Kier molecular flexibility index (Phi) is 4.19. The maximum Gasteiger partial charge on any atom is 0.325 e. The van der Waals surface area contributed by atoms with Crippen molar-refractivity contribution in [2.24, 2.45) is 0 Å². The van der Waals surface area contributed by atoms with Crippen LogP contribution in [0.1, 0.15) is 36.0 Å². The van der Waals surface area contributed by atoms with Crippen molar-refractivity contribution < 1.29 is 23.2 Å². The summed E-state index contributed by atoms with van der Waals surface area (Å²) in [5.74, 6) is -3.78. The standard InChI is InChI=1S/C16H15BrF2N2O3/c17-11-3-1-10(2-4-11)12(22)9-21-13(23)15(20-14(21)24)5-7-16(18,19)8-6-15/h1-4H,5-9H2,(H,20,24). The third-order valence-corrected chi connectivity index (χ3v) is 5.08. The Bertz CT molecular complexity index is 696. The topological polar surface area (TPSA) is 66.5 Å². The van der Waals surface area contributed by atoms with Crippen molar-refractivity contribution in [1.29, 1.82) is 0 Å². The summed E-state index contributed by atoms with van der Waals surface area (Å²) >= 11 is 3.26. The number of ketones is 1. The van der Waals surface area contributed by atoms with E-state index in [0.29, 0.717) is 5.56 Å². The number of rotatable bonds is 3. The second kappa shape index (κ2) is 5.91. The molecule has 1 saturated carbocycles. The number of urea groups is 1. The highest BCUT2D eigenvalue weighted by molar-refractivity contribution is 9.10. The molecule has 1 saturated heterocycles. The van der Waals surface area contributed by atoms with Gasteiger partial charge in [-0.25, -0.2) is 13.6 Å². The van der Waals surface area contributed by atoms with Gasteiger partial charge >= 0.3 is 6.03 Å². The number of alkyl halides is 2. The molecule has 0 atom stereocenters. The van der Waals surface area contributed by atoms with E-state index in [0.717, 1.165) is 9.37 Å². The van der Waals surface area contributed by atoms with Crippen LogP contribution in [0.5, 0.6) is 0 Å². The van der Waals surface area contributed by atoms with Gasteiger partial charge in [0.05, 0.1) is 6.54 Å². The minimum atomic E-state index is -2.81. The van der Waals surface area contributed by atoms with E-state index in [-0.39, 0.29) is 18.6 Å². The van der Waals surface area contributed by atoms with Crippen molar-refractivity contribution in [1.82, 2.24) is 10.2 Å². The van der Waals surface area contributed by atoms with E-state index in [1.165, 1.54) is 0 Å². The third kappa shape index (κ3) is 3.07. The summed E-state index contributed by atoms with van der Waals surface area (Å²) in [6.45, 7) is -0.398. The number of carbonyl (C=O) groups excluding carboxylic acids is 3. The molecular formula is C16H15BrF2N2O3. The summed E-state index contributed by atoms with van der Waals surface area (Å²) in [5, 5.41) is 2.52. The van der Waals surface area contributed by atoms with Gasteiger partial charge < -0.3 is 5.32 Å². The molecule has 2 fully saturated rings. The lowest BCUT2D eigenvalue weighted by atomic mass is 9.80. The quantitative estimate of drug-likeness (QED) is 0.625. The van der Waals surface area contributed by atoms with E-state index in [2.05, 4.69) is 21.2 Å². The van der Waals surface area contributed by atoms with Crippen LogP contribution >= 0.6 is 15.9 Å². The van der Waals surface area contributed by atoms with Gasteiger partial charge in [-0.15, -0.1) is 0 Å². The predicted octanol–water partition coefficient (Wildman–Crippen LogP) is 3.13. The van der Waals surface area contributed by atoms with E-state index in [1.54, 1.807) is 24.3 Å². The van der Waals surface area contributed by atoms with Gasteiger partial charge in [-0.05, 0) is 25.0 Å². The number of hydrogen-bond acceptors (Lipinski definition) is 3. The molecule has 2 aliphatic rings. The molecular weight excluding hydrogens is 386 g/mol. The molecule has 24 heavy (non-hydrogen) atoms. The molecule has 1 spiro atoms. The summed E-state index contributed by atoms with van der Waals surface area (Å²) < 4.78 is 27.5. The van der Waals surface area contributed by atoms with Gasteiger partial charge in [-0.2, -0.15) is 0 Å². The molecule has 0 bridgehead atoms. The molecule has 0 aromatic heterocycles. The van der Waals surface area contributed by atoms with Crippen molar-refractivity contribution in [2.75, 3.05) is 6.54 Å². The van der Waals surface area contributed by atoms with Crippen LogP contribution in [0.15, 0.2) is 28.7 Å². The lowest BCUT2D eigenvalue weighted by molar-refractivity contribution is -0.135. The van der Waals surface area contributed by atoms with E-state index in [9.17, 15) is 23.2 Å². The summed E-state index contributed by atoms with van der Waals surface area (Å²) in [6.07, 6.45) is -1.14. The monoisotopic (exact) mass is 400 g/mol. The Labute approximate surface area is 145 Å². The average molecular weight is 401 g/mol. The van der Waals surface area contributed by atoms with Gasteiger partial charge in [-0.1, -0.05) is 28.1 Å². The fraction of sp³-hybridized carbons (Fsp3) is 0.438. The molecule has 1 heterocycles. The zero-order valence-corrected chi connectivity index (χ0v) is 14.2. The molecule has 1 aromatic rings. The van der Waals surface area contributed by atoms with Crippen LogP contribution in [0.4, 0.5) is 13.6 Å². The van der Waals surface area contributed by atoms with Crippen LogP contribution in [0.25, 0.3) is 0 Å². The summed E-state index contributed by atoms with van der Waals surface area (Å²) in [4.78, 5) is 37.7. The van der Waals surface area contributed by atoms with Gasteiger partial charge in [0.25, 0.3) is 5.91 Å². The minimum absolute atomic E-state index is 0.118. The lowest BCUT2D eigenvalue weighted by Crippen LogP contribution is -2.51. The van der Waals surface area contributed by atoms with Crippen molar-refractivity contribution in [3.63, 3.8) is 0 Å². The Morgan fingerprint density at radius 3 is 2.29 bits per heavy atom. The van der Waals surface area contributed by atoms with E-state index in [4.69, 9.17) is 0 Å². The normalized spacial score (nSPS) is 21.9. The van der Waals surface area contributed by atoms with Crippen LogP contribution in [0.2, 0.25) is 0 Å². The van der Waals surface area contributed by atoms with Crippen LogP contribution in [0, 0.1) is 0 Å². The predicted molar refractivity (Wildman–Crippen MR) is 84.9 cm³/mol. The number of imide groups is 1. The first-order valence-electron chi connectivity index (χ1n) is 7.53. The highest BCUT2D eigenvalue weighted by atomic mass is 79.9. The van der Waals surface area contributed by atoms with Crippen molar-refractivity contribution in [3.8, 4) is 0 Å². The third-order valence-electron chi connectivity index (χ3n) is 4.55. The van der Waals surface area contributed by atoms with E-state index < -0.39 is 42.8 Å². The van der Waals surface area contributed by atoms with Gasteiger partial charge in [0, 0.05) is 22.9 Å². The van der Waals surface area contributed by atoms with Crippen LogP contribution in [-0.2, 0) is 4.79 Å². The number of nitrogens with one attached hydrogen (secondary N) is 1. The smallest absolute Gasteiger partial charge is 0.323 e. The SMILES string of the molecule is O=C(CN1C(=O)NC2(CCC(F)(F)CC2)C1=O)c1ccc(Br)cc1. The maximum atomic E-state index is 13.3. The van der Waals surface area contributed by atoms with Crippen molar-refractivity contribution in [2.45, 2.75) is 37.1 Å². The molecule has 0 unspecified atom stereocenters. The summed E-state index contributed by atoms with van der Waals surface area (Å²) in [7, 11) is 0. The van der Waals surface area contributed by atoms with Gasteiger partial charge in [0.1, 0.15) is 5.54 Å². The minimum Gasteiger partial charge on any atom is -0.323 e. The molecule has 1 N–H and O–H groups in total. The molecule has 128 valence electrons. The van der Waals surface area contributed by atoms with Crippen LogP contribution in [0.3, 0.4) is 0 Å². The van der Waals surface area contributed by atoms with Gasteiger partial charge in [-0.3, -0.25) is 14.5 Å². The van der Waals surface area contributed by atoms with Crippen LogP contribution < -0.4 is 5.32 Å². The number of nitrogens with zero attached hydrogens (tertiary/aromatic N) is 1. The Morgan fingerprint density at radius 1 is 1.12 bits per heavy atom. The highest BCUT2D eigenvalue weighted by Crippen LogP contribution is 2.41. The van der Waals surface area contributed by atoms with Gasteiger partial charge in [0.15, 0.2) is 5.78 Å². The fourth-order valence-electron chi connectivity index (χ4n) is 3.07. The van der Waals surface area contributed by atoms with E-state index in [1.807, 2.05) is 0 Å². The maximum absolute atomic E-state index is 13.3. The summed E-state index contributed by atoms with van der Waals surface area (Å²) in [5.41, 5.74) is -0.923. The zero-order chi connectivity index (χ0) is 17.5. The zero-order valence-electron chi connectivity index (χ0n) is 12.7. The van der Waals surface area contributed by atoms with Crippen molar-refractivity contribution >= 4 is 33.7 Å². The average Bonchev–Trinajstić information content (AvgIpc) is 2.76. The molecule has 8 heteroatoms. The first-order chi connectivity index (χ1) is 11.2. The van der Waals surface area contributed by atoms with Crippen LogP contribution in [-0.4, -0.2) is 40.6 Å². The number of amides is 3. The molecule has 1 aromatic carbocycles. The number of Topliss-reactive ketones (excluding diaryl/α,β-unsaturated/α-hetero) is 1. The molecule has 3 amide bonds. The molecule has 5 nitrogen and oxygen atoms in total. The Morgan fingerprint density at radius 2 is 1.71 bits per heavy atom. The second-order valence-corrected chi connectivity index (χ2v) is 7.11. The fourth-order valence-corrected chi connectivity index (χ4v) is 3.34. The molecule has 1 aliphatic heterocycles. The first-order valence-corrected chi connectivity index (χ1v) is 8.32. The summed E-state index contributed by atoms with van der Waals surface area (Å²) in [6, 6.07) is 5.84. The number of carbonyl (C=O) groups is 3. The van der Waals surface area contributed by atoms with E-state index >= 15 is 0 Å². The Hall–Kier alpha value is -1.83. The molecule has 0 radical (unpaired) electrons. The lowest BCUT2D eigenvalue weighted by Gasteiger charge is -2.34. The second-order valence-electron chi connectivity index (χ2n) is 6.19. The van der Waals surface area contributed by atoms with Crippen molar-refractivity contribution in [3.05, 3.63) is 34.3 Å². The molecule has 3 rings (SSSR count). The number of benzene rings is 1. The Balaban J connectivity index is 1.73. The molecule has 1 aliphatic carbocycles. The number of hydrogen-bond donors (Lipinski definition) is 1. The first kappa shape index (κ1) is 17.0. The largest absolute Gasteiger partial charge is 0.325 e. The van der Waals surface area contributed by atoms with Gasteiger partial charge in [0.2, 0.25) is 5.92 Å².